The molecule has 2 rings (SSSR count). The molecule has 1 saturated heterocycles. The van der Waals surface area contributed by atoms with Crippen molar-refractivity contribution in [2.24, 2.45) is 0 Å². The summed E-state index contributed by atoms with van der Waals surface area (Å²) in [5.74, 6) is 0.0151. The number of aromatic nitrogens is 1. The minimum Gasteiger partial charge on any atom is -0.375 e. The number of nitrogens with zero attached hydrogens (tertiary/aromatic N) is 2. The summed E-state index contributed by atoms with van der Waals surface area (Å²) in [6.07, 6.45) is 6.93. The summed E-state index contributed by atoms with van der Waals surface area (Å²) in [4.78, 5) is 18.1. The van der Waals surface area contributed by atoms with Crippen molar-refractivity contribution in [3.05, 3.63) is 42.7 Å². The zero-order valence-electron chi connectivity index (χ0n) is 12.4. The van der Waals surface area contributed by atoms with Gasteiger partial charge in [0.25, 0.3) is 0 Å². The van der Waals surface area contributed by atoms with Gasteiger partial charge in [-0.2, -0.15) is 0 Å². The fraction of sp³-hybridized carbons (Fsp3) is 0.500. The van der Waals surface area contributed by atoms with E-state index in [2.05, 4.69) is 11.6 Å². The van der Waals surface area contributed by atoms with Gasteiger partial charge in [-0.15, -0.1) is 6.58 Å². The highest BCUT2D eigenvalue weighted by Crippen LogP contribution is 2.24. The molecule has 0 N–H and O–H groups in total. The molecule has 0 radical (unpaired) electrons. The Hall–Kier alpha value is -1.72. The molecule has 0 aromatic carbocycles. The van der Waals surface area contributed by atoms with Gasteiger partial charge in [0, 0.05) is 26.0 Å². The maximum absolute atomic E-state index is 12.2. The Labute approximate surface area is 125 Å². The fourth-order valence-electron chi connectivity index (χ4n) is 2.73. The second kappa shape index (κ2) is 7.90. The lowest BCUT2D eigenvalue weighted by Crippen LogP contribution is -2.43. The third kappa shape index (κ3) is 4.12. The van der Waals surface area contributed by atoms with Gasteiger partial charge in [0.1, 0.15) is 6.61 Å². The Bertz CT molecular complexity index is 464. The van der Waals surface area contributed by atoms with E-state index in [1.54, 1.807) is 18.5 Å². The number of ether oxygens (including phenoxy) is 2. The van der Waals surface area contributed by atoms with E-state index in [4.69, 9.17) is 9.47 Å². The van der Waals surface area contributed by atoms with Gasteiger partial charge in [-0.1, -0.05) is 6.08 Å². The van der Waals surface area contributed by atoms with E-state index in [1.807, 2.05) is 17.0 Å². The van der Waals surface area contributed by atoms with Crippen LogP contribution in [0, 0.1) is 0 Å². The molecular formula is C16H22N2O3. The smallest absolute Gasteiger partial charge is 0.248 e. The fourth-order valence-corrected chi connectivity index (χ4v) is 2.73. The summed E-state index contributed by atoms with van der Waals surface area (Å²) in [6.45, 7) is 5.00. The molecule has 0 unspecified atom stereocenters. The van der Waals surface area contributed by atoms with Crippen LogP contribution in [0.3, 0.4) is 0 Å². The van der Waals surface area contributed by atoms with Gasteiger partial charge in [-0.3, -0.25) is 9.78 Å². The predicted molar refractivity (Wildman–Crippen MR) is 79.9 cm³/mol. The SMILES string of the molecule is C=CCO[C@@H]1CCN(C(=O)COC)[C@@H]1Cc1ccncc1. The van der Waals surface area contributed by atoms with Crippen molar-refractivity contribution in [2.45, 2.75) is 25.0 Å². The highest BCUT2D eigenvalue weighted by Gasteiger charge is 2.37. The third-order valence-electron chi connectivity index (χ3n) is 3.69. The van der Waals surface area contributed by atoms with Crippen molar-refractivity contribution >= 4 is 5.91 Å². The summed E-state index contributed by atoms with van der Waals surface area (Å²) < 4.78 is 10.8. The van der Waals surface area contributed by atoms with Crippen molar-refractivity contribution < 1.29 is 14.3 Å². The first-order chi connectivity index (χ1) is 10.3. The van der Waals surface area contributed by atoms with Crippen LogP contribution in [-0.4, -0.2) is 54.8 Å². The summed E-state index contributed by atoms with van der Waals surface area (Å²) in [7, 11) is 1.54. The van der Waals surface area contributed by atoms with Gasteiger partial charge >= 0.3 is 0 Å². The molecule has 1 aliphatic heterocycles. The van der Waals surface area contributed by atoms with Crippen molar-refractivity contribution in [3.63, 3.8) is 0 Å². The summed E-state index contributed by atoms with van der Waals surface area (Å²) >= 11 is 0. The zero-order valence-corrected chi connectivity index (χ0v) is 12.4. The molecule has 1 aliphatic rings. The number of carbonyl (C=O) groups excluding carboxylic acids is 1. The molecule has 2 heterocycles. The first-order valence-electron chi connectivity index (χ1n) is 7.16. The molecule has 2 atom stereocenters. The van der Waals surface area contributed by atoms with Crippen LogP contribution in [0.1, 0.15) is 12.0 Å². The standard InChI is InChI=1S/C16H22N2O3/c1-3-10-21-15-6-9-18(16(19)12-20-2)14(15)11-13-4-7-17-8-5-13/h3-5,7-8,14-15H,1,6,9-12H2,2H3/t14-,15-/m1/s1. The predicted octanol–water partition coefficient (Wildman–Crippen LogP) is 1.44. The lowest BCUT2D eigenvalue weighted by atomic mass is 10.0. The molecular weight excluding hydrogens is 268 g/mol. The lowest BCUT2D eigenvalue weighted by molar-refractivity contribution is -0.137. The summed E-state index contributed by atoms with van der Waals surface area (Å²) in [6, 6.07) is 3.99. The Kier molecular flexibility index (Phi) is 5.90. The van der Waals surface area contributed by atoms with E-state index in [0.29, 0.717) is 13.2 Å². The van der Waals surface area contributed by atoms with Crippen molar-refractivity contribution in [2.75, 3.05) is 26.9 Å². The average molecular weight is 290 g/mol. The van der Waals surface area contributed by atoms with Crippen LogP contribution in [-0.2, 0) is 20.7 Å². The van der Waals surface area contributed by atoms with Crippen LogP contribution in [0.25, 0.3) is 0 Å². The second-order valence-corrected chi connectivity index (χ2v) is 5.10. The highest BCUT2D eigenvalue weighted by atomic mass is 16.5. The molecule has 1 aromatic heterocycles. The number of hydrogen-bond donors (Lipinski definition) is 0. The monoisotopic (exact) mass is 290 g/mol. The van der Waals surface area contributed by atoms with Crippen LogP contribution in [0.5, 0.6) is 0 Å². The maximum atomic E-state index is 12.2. The normalized spacial score (nSPS) is 21.5. The van der Waals surface area contributed by atoms with E-state index in [9.17, 15) is 4.79 Å². The average Bonchev–Trinajstić information content (AvgIpc) is 2.89. The number of methoxy groups -OCH3 is 1. The Balaban J connectivity index is 2.10. The van der Waals surface area contributed by atoms with Gasteiger partial charge < -0.3 is 14.4 Å². The van der Waals surface area contributed by atoms with E-state index in [-0.39, 0.29) is 24.7 Å². The van der Waals surface area contributed by atoms with Gasteiger partial charge in [0.05, 0.1) is 18.8 Å². The van der Waals surface area contributed by atoms with E-state index >= 15 is 0 Å². The molecule has 0 spiro atoms. The minimum absolute atomic E-state index is 0.0151. The number of pyridine rings is 1. The zero-order chi connectivity index (χ0) is 15.1. The number of rotatable bonds is 7. The topological polar surface area (TPSA) is 51.7 Å². The molecule has 0 aliphatic carbocycles. The Morgan fingerprint density at radius 3 is 2.95 bits per heavy atom. The highest BCUT2D eigenvalue weighted by molar-refractivity contribution is 5.78. The summed E-state index contributed by atoms with van der Waals surface area (Å²) in [5.41, 5.74) is 1.15. The quantitative estimate of drug-likeness (QED) is 0.713. The lowest BCUT2D eigenvalue weighted by Gasteiger charge is -2.28. The van der Waals surface area contributed by atoms with Crippen LogP contribution in [0.4, 0.5) is 0 Å². The van der Waals surface area contributed by atoms with Crippen molar-refractivity contribution in [1.82, 2.24) is 9.88 Å². The van der Waals surface area contributed by atoms with Gasteiger partial charge in [0.15, 0.2) is 0 Å². The van der Waals surface area contributed by atoms with Crippen molar-refractivity contribution in [1.29, 1.82) is 0 Å². The molecule has 114 valence electrons. The van der Waals surface area contributed by atoms with Crippen LogP contribution in [0.15, 0.2) is 37.2 Å². The Morgan fingerprint density at radius 1 is 1.52 bits per heavy atom. The first-order valence-corrected chi connectivity index (χ1v) is 7.16. The van der Waals surface area contributed by atoms with Gasteiger partial charge in [-0.05, 0) is 30.5 Å². The first kappa shape index (κ1) is 15.7. The molecule has 5 nitrogen and oxygen atoms in total. The van der Waals surface area contributed by atoms with E-state index in [0.717, 1.165) is 18.4 Å². The van der Waals surface area contributed by atoms with Crippen LogP contribution < -0.4 is 0 Å². The minimum atomic E-state index is 0.0151. The molecule has 1 fully saturated rings. The second-order valence-electron chi connectivity index (χ2n) is 5.10. The maximum Gasteiger partial charge on any atom is 0.248 e. The number of amides is 1. The number of hydrogen-bond acceptors (Lipinski definition) is 4. The van der Waals surface area contributed by atoms with E-state index < -0.39 is 0 Å². The number of likely N-dealkylation sites (tertiary alicyclic amines) is 1. The molecule has 0 bridgehead atoms. The molecule has 1 amide bonds. The molecule has 0 saturated carbocycles. The van der Waals surface area contributed by atoms with Crippen molar-refractivity contribution in [3.8, 4) is 0 Å². The third-order valence-corrected chi connectivity index (χ3v) is 3.69. The Morgan fingerprint density at radius 2 is 2.29 bits per heavy atom. The van der Waals surface area contributed by atoms with Gasteiger partial charge in [0.2, 0.25) is 5.91 Å². The van der Waals surface area contributed by atoms with Crippen LogP contribution >= 0.6 is 0 Å². The molecule has 1 aromatic rings. The largest absolute Gasteiger partial charge is 0.375 e. The number of carbonyl (C=O) groups is 1. The van der Waals surface area contributed by atoms with Crippen LogP contribution in [0.2, 0.25) is 0 Å². The molecule has 5 heteroatoms. The van der Waals surface area contributed by atoms with Gasteiger partial charge in [-0.25, -0.2) is 0 Å². The molecule has 21 heavy (non-hydrogen) atoms. The van der Waals surface area contributed by atoms with E-state index in [1.165, 1.54) is 7.11 Å². The summed E-state index contributed by atoms with van der Waals surface area (Å²) in [5, 5.41) is 0.